The highest BCUT2D eigenvalue weighted by Gasteiger charge is 2.25. The van der Waals surface area contributed by atoms with Crippen LogP contribution in [0.1, 0.15) is 37.7 Å². The Morgan fingerprint density at radius 1 is 1.25 bits per heavy atom. The summed E-state index contributed by atoms with van der Waals surface area (Å²) in [6.45, 7) is 4.11. The zero-order valence-electron chi connectivity index (χ0n) is 13.7. The molecule has 4 nitrogen and oxygen atoms in total. The van der Waals surface area contributed by atoms with E-state index in [-0.39, 0.29) is 5.91 Å². The highest BCUT2D eigenvalue weighted by Crippen LogP contribution is 2.29. The standard InChI is InChI=1S/C19H22N2O2S/c1-2-12-23-16-10-8-14(9-11-16)13-17-18(22)21-19(24-17)20-15-6-4-3-5-7-15/h2,8-11,13,15H,1,3-7,12H2,(H,20,21,22)/b17-13+. The number of hydrogen-bond donors (Lipinski definition) is 1. The van der Waals surface area contributed by atoms with E-state index in [1.165, 1.54) is 31.0 Å². The Labute approximate surface area is 147 Å². The molecule has 1 aromatic rings. The third-order valence-electron chi connectivity index (χ3n) is 4.07. The first-order valence-corrected chi connectivity index (χ1v) is 9.19. The molecule has 2 aliphatic rings. The minimum Gasteiger partial charge on any atom is -0.490 e. The summed E-state index contributed by atoms with van der Waals surface area (Å²) in [6, 6.07) is 8.03. The molecular formula is C19H22N2O2S. The number of carbonyl (C=O) groups excluding carboxylic acids is 1. The smallest absolute Gasteiger partial charge is 0.264 e. The van der Waals surface area contributed by atoms with Crippen molar-refractivity contribution in [3.05, 3.63) is 47.4 Å². The highest BCUT2D eigenvalue weighted by molar-refractivity contribution is 8.18. The van der Waals surface area contributed by atoms with Gasteiger partial charge < -0.3 is 10.1 Å². The normalized spacial score (nSPS) is 21.9. The first-order valence-electron chi connectivity index (χ1n) is 8.37. The number of nitrogens with zero attached hydrogens (tertiary/aromatic N) is 1. The van der Waals surface area contributed by atoms with Gasteiger partial charge >= 0.3 is 0 Å². The van der Waals surface area contributed by atoms with Crippen LogP contribution in [0.15, 0.2) is 46.8 Å². The summed E-state index contributed by atoms with van der Waals surface area (Å²) < 4.78 is 5.46. The SMILES string of the molecule is C=CCOc1ccc(/C=C2/SC(=NC3CCCCC3)NC2=O)cc1. The molecule has 0 unspecified atom stereocenters. The topological polar surface area (TPSA) is 50.7 Å². The zero-order chi connectivity index (χ0) is 16.8. The molecule has 1 aliphatic carbocycles. The van der Waals surface area contributed by atoms with Crippen molar-refractivity contribution in [3.8, 4) is 5.75 Å². The Morgan fingerprint density at radius 3 is 2.71 bits per heavy atom. The summed E-state index contributed by atoms with van der Waals surface area (Å²) in [5, 5.41) is 3.62. The van der Waals surface area contributed by atoms with Crippen molar-refractivity contribution in [1.29, 1.82) is 0 Å². The van der Waals surface area contributed by atoms with Gasteiger partial charge in [-0.15, -0.1) is 0 Å². The second-order valence-electron chi connectivity index (χ2n) is 5.96. The van der Waals surface area contributed by atoms with Gasteiger partial charge in [0.25, 0.3) is 5.91 Å². The fourth-order valence-electron chi connectivity index (χ4n) is 2.83. The second-order valence-corrected chi connectivity index (χ2v) is 6.99. The van der Waals surface area contributed by atoms with E-state index in [0.29, 0.717) is 17.6 Å². The van der Waals surface area contributed by atoms with Crippen LogP contribution < -0.4 is 10.1 Å². The molecule has 1 heterocycles. The molecule has 1 saturated heterocycles. The molecule has 3 rings (SSSR count). The number of aliphatic imine (C=N–C) groups is 1. The molecule has 0 bridgehead atoms. The maximum atomic E-state index is 12.1. The van der Waals surface area contributed by atoms with Crippen LogP contribution in [0.4, 0.5) is 0 Å². The fourth-order valence-corrected chi connectivity index (χ4v) is 3.72. The van der Waals surface area contributed by atoms with Crippen LogP contribution in [0.5, 0.6) is 5.75 Å². The van der Waals surface area contributed by atoms with Crippen molar-refractivity contribution in [1.82, 2.24) is 5.32 Å². The maximum Gasteiger partial charge on any atom is 0.264 e. The van der Waals surface area contributed by atoms with Crippen LogP contribution >= 0.6 is 11.8 Å². The second kappa shape index (κ2) is 8.20. The van der Waals surface area contributed by atoms with E-state index in [4.69, 9.17) is 9.73 Å². The lowest BCUT2D eigenvalue weighted by Crippen LogP contribution is -2.22. The lowest BCUT2D eigenvalue weighted by molar-refractivity contribution is -0.115. The molecule has 0 aromatic heterocycles. The van der Waals surface area contributed by atoms with E-state index in [2.05, 4.69) is 11.9 Å². The Bertz CT molecular complexity index is 658. The molecule has 0 atom stereocenters. The summed E-state index contributed by atoms with van der Waals surface area (Å²) in [6.07, 6.45) is 9.64. The number of ether oxygens (including phenoxy) is 1. The average molecular weight is 342 g/mol. The van der Waals surface area contributed by atoms with Crippen LogP contribution in [-0.4, -0.2) is 23.7 Å². The van der Waals surface area contributed by atoms with Gasteiger partial charge in [0.2, 0.25) is 0 Å². The summed E-state index contributed by atoms with van der Waals surface area (Å²) in [4.78, 5) is 17.5. The summed E-state index contributed by atoms with van der Waals surface area (Å²) >= 11 is 1.43. The van der Waals surface area contributed by atoms with Crippen molar-refractivity contribution in [3.63, 3.8) is 0 Å². The van der Waals surface area contributed by atoms with Gasteiger partial charge in [0.15, 0.2) is 5.17 Å². The van der Waals surface area contributed by atoms with E-state index in [1.54, 1.807) is 6.08 Å². The van der Waals surface area contributed by atoms with Crippen molar-refractivity contribution < 1.29 is 9.53 Å². The molecule has 1 aromatic carbocycles. The molecule has 1 N–H and O–H groups in total. The lowest BCUT2D eigenvalue weighted by Gasteiger charge is -2.17. The maximum absolute atomic E-state index is 12.1. The molecule has 0 spiro atoms. The number of rotatable bonds is 5. The fraction of sp³-hybridized carbons (Fsp3) is 0.368. The van der Waals surface area contributed by atoms with E-state index in [1.807, 2.05) is 30.3 Å². The van der Waals surface area contributed by atoms with Gasteiger partial charge in [0.05, 0.1) is 10.9 Å². The highest BCUT2D eigenvalue weighted by atomic mass is 32.2. The molecule has 0 radical (unpaired) electrons. The lowest BCUT2D eigenvalue weighted by atomic mass is 9.96. The van der Waals surface area contributed by atoms with Gasteiger partial charge in [-0.05, 0) is 48.4 Å². The van der Waals surface area contributed by atoms with E-state index < -0.39 is 0 Å². The molecular weight excluding hydrogens is 320 g/mol. The zero-order valence-corrected chi connectivity index (χ0v) is 14.5. The number of thioether (sulfide) groups is 1. The first-order chi connectivity index (χ1) is 11.7. The third-order valence-corrected chi connectivity index (χ3v) is 5.00. The minimum atomic E-state index is -0.0680. The number of benzene rings is 1. The summed E-state index contributed by atoms with van der Waals surface area (Å²) in [7, 11) is 0. The van der Waals surface area contributed by atoms with Crippen molar-refractivity contribution in [2.75, 3.05) is 6.61 Å². The van der Waals surface area contributed by atoms with Crippen molar-refractivity contribution in [2.45, 2.75) is 38.1 Å². The van der Waals surface area contributed by atoms with E-state index in [9.17, 15) is 4.79 Å². The van der Waals surface area contributed by atoms with Crippen molar-refractivity contribution >= 4 is 28.9 Å². The predicted octanol–water partition coefficient (Wildman–Crippen LogP) is 4.14. The quantitative estimate of drug-likeness (QED) is 0.646. The number of amides is 1. The monoisotopic (exact) mass is 342 g/mol. The number of carbonyl (C=O) groups is 1. The van der Waals surface area contributed by atoms with Crippen molar-refractivity contribution in [2.24, 2.45) is 4.99 Å². The van der Waals surface area contributed by atoms with Crippen LogP contribution in [-0.2, 0) is 4.79 Å². The molecule has 1 saturated carbocycles. The van der Waals surface area contributed by atoms with E-state index in [0.717, 1.165) is 29.3 Å². The number of hydrogen-bond acceptors (Lipinski definition) is 4. The van der Waals surface area contributed by atoms with Gasteiger partial charge in [-0.3, -0.25) is 9.79 Å². The Kier molecular flexibility index (Phi) is 5.75. The predicted molar refractivity (Wildman–Crippen MR) is 100 cm³/mol. The first kappa shape index (κ1) is 16.8. The number of amidine groups is 1. The van der Waals surface area contributed by atoms with E-state index >= 15 is 0 Å². The largest absolute Gasteiger partial charge is 0.490 e. The average Bonchev–Trinajstić information content (AvgIpc) is 2.94. The van der Waals surface area contributed by atoms with Crippen LogP contribution in [0.25, 0.3) is 6.08 Å². The summed E-state index contributed by atoms with van der Waals surface area (Å²) in [5.74, 6) is 0.724. The molecule has 126 valence electrons. The minimum absolute atomic E-state index is 0.0680. The van der Waals surface area contributed by atoms with Gasteiger partial charge in [0, 0.05) is 0 Å². The van der Waals surface area contributed by atoms with Gasteiger partial charge in [-0.2, -0.15) is 0 Å². The molecule has 2 fully saturated rings. The summed E-state index contributed by atoms with van der Waals surface area (Å²) in [5.41, 5.74) is 0.970. The molecule has 24 heavy (non-hydrogen) atoms. The van der Waals surface area contributed by atoms with Crippen LogP contribution in [0, 0.1) is 0 Å². The Balaban J connectivity index is 1.65. The van der Waals surface area contributed by atoms with Crippen LogP contribution in [0.2, 0.25) is 0 Å². The molecule has 5 heteroatoms. The van der Waals surface area contributed by atoms with Gasteiger partial charge in [0.1, 0.15) is 12.4 Å². The Morgan fingerprint density at radius 2 is 2.00 bits per heavy atom. The van der Waals surface area contributed by atoms with Crippen LogP contribution in [0.3, 0.4) is 0 Å². The number of nitrogens with one attached hydrogen (secondary N) is 1. The van der Waals surface area contributed by atoms with Gasteiger partial charge in [-0.1, -0.05) is 44.1 Å². The molecule has 1 amide bonds. The van der Waals surface area contributed by atoms with Gasteiger partial charge in [-0.25, -0.2) is 0 Å². The third kappa shape index (κ3) is 4.51. The Hall–Kier alpha value is -2.01. The molecule has 1 aliphatic heterocycles.